The molecule has 0 saturated carbocycles. The first-order valence-corrected chi connectivity index (χ1v) is 8.44. The van der Waals surface area contributed by atoms with Gasteiger partial charge in [0.2, 0.25) is 0 Å². The lowest BCUT2D eigenvalue weighted by Gasteiger charge is -2.35. The maximum Gasteiger partial charge on any atom is 0.316 e. The standard InChI is InChI=1S/C19H19FN4O3/c20-15-3-1-2-14(12-15)18(26)24-10-8-23(9-11-24)17(25)13-4-6-16(7-5-13)22-19(21)27/h1-7,12H,8-11H2,(H3,21,22,27). The number of nitrogens with zero attached hydrogens (tertiary/aromatic N) is 2. The van der Waals surface area contributed by atoms with Gasteiger partial charge >= 0.3 is 6.03 Å². The second-order valence-electron chi connectivity index (χ2n) is 6.16. The fourth-order valence-corrected chi connectivity index (χ4v) is 2.94. The van der Waals surface area contributed by atoms with Crippen molar-refractivity contribution < 1.29 is 18.8 Å². The number of hydrogen-bond acceptors (Lipinski definition) is 3. The molecular formula is C19H19FN4O3. The number of piperazine rings is 1. The third-order valence-corrected chi connectivity index (χ3v) is 4.33. The quantitative estimate of drug-likeness (QED) is 0.864. The van der Waals surface area contributed by atoms with Gasteiger partial charge in [0.15, 0.2) is 0 Å². The monoisotopic (exact) mass is 370 g/mol. The van der Waals surface area contributed by atoms with E-state index in [9.17, 15) is 18.8 Å². The van der Waals surface area contributed by atoms with Gasteiger partial charge in [-0.3, -0.25) is 9.59 Å². The molecule has 0 aliphatic carbocycles. The number of halogens is 1. The van der Waals surface area contributed by atoms with Gasteiger partial charge in [0, 0.05) is 43.0 Å². The van der Waals surface area contributed by atoms with E-state index in [0.29, 0.717) is 43.0 Å². The van der Waals surface area contributed by atoms with Crippen LogP contribution in [-0.2, 0) is 0 Å². The summed E-state index contributed by atoms with van der Waals surface area (Å²) < 4.78 is 13.3. The van der Waals surface area contributed by atoms with Gasteiger partial charge in [-0.05, 0) is 42.5 Å². The number of anilines is 1. The molecule has 1 aliphatic rings. The van der Waals surface area contributed by atoms with Gasteiger partial charge in [0.1, 0.15) is 5.82 Å². The molecule has 2 aromatic rings. The van der Waals surface area contributed by atoms with E-state index in [1.807, 2.05) is 0 Å². The number of nitrogens with one attached hydrogen (secondary N) is 1. The van der Waals surface area contributed by atoms with E-state index < -0.39 is 11.8 Å². The van der Waals surface area contributed by atoms with E-state index in [0.717, 1.165) is 0 Å². The van der Waals surface area contributed by atoms with E-state index in [4.69, 9.17) is 5.73 Å². The first-order valence-electron chi connectivity index (χ1n) is 8.44. The van der Waals surface area contributed by atoms with Gasteiger partial charge in [-0.25, -0.2) is 9.18 Å². The summed E-state index contributed by atoms with van der Waals surface area (Å²) in [6.45, 7) is 1.53. The van der Waals surface area contributed by atoms with Gasteiger partial charge in [-0.2, -0.15) is 0 Å². The molecule has 1 saturated heterocycles. The van der Waals surface area contributed by atoms with Crippen LogP contribution in [0.25, 0.3) is 0 Å². The number of urea groups is 1. The summed E-state index contributed by atoms with van der Waals surface area (Å²) in [5.41, 5.74) is 6.33. The first-order chi connectivity index (χ1) is 12.9. The average molecular weight is 370 g/mol. The highest BCUT2D eigenvalue weighted by atomic mass is 19.1. The third-order valence-electron chi connectivity index (χ3n) is 4.33. The molecule has 0 unspecified atom stereocenters. The Morgan fingerprint density at radius 1 is 0.852 bits per heavy atom. The maximum absolute atomic E-state index is 13.3. The van der Waals surface area contributed by atoms with Crippen LogP contribution in [0.4, 0.5) is 14.9 Å². The highest BCUT2D eigenvalue weighted by molar-refractivity contribution is 5.96. The van der Waals surface area contributed by atoms with Gasteiger partial charge in [-0.15, -0.1) is 0 Å². The van der Waals surface area contributed by atoms with Crippen LogP contribution in [0.2, 0.25) is 0 Å². The SMILES string of the molecule is NC(=O)Nc1ccc(C(=O)N2CCN(C(=O)c3cccc(F)c3)CC2)cc1. The first kappa shape index (κ1) is 18.4. The van der Waals surface area contributed by atoms with Gasteiger partial charge in [0.05, 0.1) is 0 Å². The van der Waals surface area contributed by atoms with Crippen molar-refractivity contribution in [1.82, 2.24) is 9.80 Å². The number of carbonyl (C=O) groups excluding carboxylic acids is 3. The largest absolute Gasteiger partial charge is 0.351 e. The summed E-state index contributed by atoms with van der Waals surface area (Å²) in [4.78, 5) is 39.1. The molecule has 0 radical (unpaired) electrons. The van der Waals surface area contributed by atoms with E-state index in [-0.39, 0.29) is 11.8 Å². The Kier molecular flexibility index (Phi) is 5.35. The topological polar surface area (TPSA) is 95.7 Å². The molecule has 1 heterocycles. The number of rotatable bonds is 3. The molecule has 3 rings (SSSR count). The Labute approximate surface area is 155 Å². The lowest BCUT2D eigenvalue weighted by atomic mass is 10.1. The average Bonchev–Trinajstić information content (AvgIpc) is 2.67. The van der Waals surface area contributed by atoms with Crippen molar-refractivity contribution in [1.29, 1.82) is 0 Å². The Bertz CT molecular complexity index is 862. The minimum Gasteiger partial charge on any atom is -0.351 e. The zero-order valence-electron chi connectivity index (χ0n) is 14.5. The second kappa shape index (κ2) is 7.86. The molecule has 0 spiro atoms. The van der Waals surface area contributed by atoms with Crippen molar-refractivity contribution in [2.75, 3.05) is 31.5 Å². The minimum atomic E-state index is -0.673. The molecule has 1 aliphatic heterocycles. The van der Waals surface area contributed by atoms with E-state index in [2.05, 4.69) is 5.32 Å². The summed E-state index contributed by atoms with van der Waals surface area (Å²) in [6.07, 6.45) is 0. The lowest BCUT2D eigenvalue weighted by Crippen LogP contribution is -2.50. The van der Waals surface area contributed by atoms with Crippen LogP contribution in [0.3, 0.4) is 0 Å². The van der Waals surface area contributed by atoms with E-state index in [1.54, 1.807) is 40.1 Å². The molecule has 1 fully saturated rings. The number of nitrogens with two attached hydrogens (primary N) is 1. The Hall–Kier alpha value is -3.42. The van der Waals surface area contributed by atoms with E-state index in [1.165, 1.54) is 18.2 Å². The number of hydrogen-bond donors (Lipinski definition) is 2. The molecule has 7 nitrogen and oxygen atoms in total. The van der Waals surface area contributed by atoms with Crippen LogP contribution in [0.5, 0.6) is 0 Å². The van der Waals surface area contributed by atoms with Crippen molar-refractivity contribution in [2.45, 2.75) is 0 Å². The van der Waals surface area contributed by atoms with Crippen LogP contribution in [0, 0.1) is 5.82 Å². The Morgan fingerprint density at radius 2 is 1.41 bits per heavy atom. The molecule has 8 heteroatoms. The fourth-order valence-electron chi connectivity index (χ4n) is 2.94. The van der Waals surface area contributed by atoms with Crippen LogP contribution in [0.1, 0.15) is 20.7 Å². The number of carbonyl (C=O) groups is 3. The Balaban J connectivity index is 1.59. The molecule has 0 aromatic heterocycles. The van der Waals surface area contributed by atoms with E-state index >= 15 is 0 Å². The molecule has 27 heavy (non-hydrogen) atoms. The molecular weight excluding hydrogens is 351 g/mol. The number of amides is 4. The minimum absolute atomic E-state index is 0.154. The highest BCUT2D eigenvalue weighted by Crippen LogP contribution is 2.15. The van der Waals surface area contributed by atoms with Crippen molar-refractivity contribution in [2.24, 2.45) is 5.73 Å². The predicted octanol–water partition coefficient (Wildman–Crippen LogP) is 1.91. The summed E-state index contributed by atoms with van der Waals surface area (Å²) >= 11 is 0. The van der Waals surface area contributed by atoms with Crippen LogP contribution in [-0.4, -0.2) is 53.8 Å². The molecule has 0 bridgehead atoms. The molecule has 140 valence electrons. The van der Waals surface area contributed by atoms with Crippen molar-refractivity contribution in [3.05, 3.63) is 65.5 Å². The van der Waals surface area contributed by atoms with Crippen LogP contribution < -0.4 is 11.1 Å². The summed E-state index contributed by atoms with van der Waals surface area (Å²) in [5.74, 6) is -0.856. The highest BCUT2D eigenvalue weighted by Gasteiger charge is 2.25. The maximum atomic E-state index is 13.3. The summed E-state index contributed by atoms with van der Waals surface area (Å²) in [5, 5.41) is 2.43. The molecule has 2 aromatic carbocycles. The third kappa shape index (κ3) is 4.41. The summed E-state index contributed by atoms with van der Waals surface area (Å²) in [6, 6.07) is 11.3. The summed E-state index contributed by atoms with van der Waals surface area (Å²) in [7, 11) is 0. The molecule has 3 N–H and O–H groups in total. The fraction of sp³-hybridized carbons (Fsp3) is 0.211. The zero-order valence-corrected chi connectivity index (χ0v) is 14.5. The van der Waals surface area contributed by atoms with Crippen molar-refractivity contribution in [3.8, 4) is 0 Å². The molecule has 0 atom stereocenters. The zero-order chi connectivity index (χ0) is 19.4. The van der Waals surface area contributed by atoms with Gasteiger partial charge < -0.3 is 20.9 Å². The lowest BCUT2D eigenvalue weighted by molar-refractivity contribution is 0.0535. The predicted molar refractivity (Wildman–Crippen MR) is 97.9 cm³/mol. The van der Waals surface area contributed by atoms with Gasteiger partial charge in [0.25, 0.3) is 11.8 Å². The second-order valence-corrected chi connectivity index (χ2v) is 6.16. The number of benzene rings is 2. The van der Waals surface area contributed by atoms with Crippen LogP contribution >= 0.6 is 0 Å². The van der Waals surface area contributed by atoms with Crippen LogP contribution in [0.15, 0.2) is 48.5 Å². The molecule has 4 amide bonds. The smallest absolute Gasteiger partial charge is 0.316 e. The normalized spacial score (nSPS) is 14.0. The Morgan fingerprint density at radius 3 is 1.93 bits per heavy atom. The number of primary amides is 1. The van der Waals surface area contributed by atoms with Crippen molar-refractivity contribution in [3.63, 3.8) is 0 Å². The van der Waals surface area contributed by atoms with Crippen molar-refractivity contribution >= 4 is 23.5 Å². The van der Waals surface area contributed by atoms with Gasteiger partial charge in [-0.1, -0.05) is 6.07 Å².